The second-order valence-electron chi connectivity index (χ2n) is 4.40. The Morgan fingerprint density at radius 1 is 1.42 bits per heavy atom. The van der Waals surface area contributed by atoms with Crippen LogP contribution in [0.25, 0.3) is 0 Å². The Morgan fingerprint density at radius 2 is 2.08 bits per heavy atom. The lowest BCUT2D eigenvalue weighted by Crippen LogP contribution is -2.55. The first-order valence-corrected chi connectivity index (χ1v) is 4.98. The van der Waals surface area contributed by atoms with E-state index in [4.69, 9.17) is 0 Å². The van der Waals surface area contributed by atoms with Crippen LogP contribution in [0.4, 0.5) is 0 Å². The largest absolute Gasteiger partial charge is 0.394 e. The summed E-state index contributed by atoms with van der Waals surface area (Å²) in [4.78, 5) is 2.43. The maximum atomic E-state index is 9.33. The summed E-state index contributed by atoms with van der Waals surface area (Å²) >= 11 is 0. The summed E-state index contributed by atoms with van der Waals surface area (Å²) in [6.45, 7) is 8.03. The third kappa shape index (κ3) is 1.80. The molecule has 0 aliphatic carbocycles. The van der Waals surface area contributed by atoms with Crippen molar-refractivity contribution in [3.05, 3.63) is 0 Å². The molecule has 1 unspecified atom stereocenters. The van der Waals surface area contributed by atoms with Crippen LogP contribution >= 0.6 is 0 Å². The number of hydrogen-bond donors (Lipinski definition) is 1. The summed E-state index contributed by atoms with van der Waals surface area (Å²) in [6.07, 6.45) is 3.69. The number of aliphatic hydroxyl groups excluding tert-OH is 1. The summed E-state index contributed by atoms with van der Waals surface area (Å²) < 4.78 is 0. The van der Waals surface area contributed by atoms with Crippen LogP contribution in [-0.4, -0.2) is 34.7 Å². The lowest BCUT2D eigenvalue weighted by atomic mass is 9.88. The van der Waals surface area contributed by atoms with Crippen LogP contribution in [0.15, 0.2) is 0 Å². The van der Waals surface area contributed by atoms with Crippen LogP contribution in [0.2, 0.25) is 0 Å². The minimum absolute atomic E-state index is 0.0480. The Bertz CT molecular complexity index is 147. The van der Waals surface area contributed by atoms with Crippen molar-refractivity contribution in [2.24, 2.45) is 0 Å². The molecule has 0 spiro atoms. The molecular weight excluding hydrogens is 150 g/mol. The Hall–Kier alpha value is -0.0800. The second-order valence-corrected chi connectivity index (χ2v) is 4.40. The van der Waals surface area contributed by atoms with E-state index in [1.54, 1.807) is 0 Å². The van der Waals surface area contributed by atoms with Gasteiger partial charge in [-0.3, -0.25) is 4.90 Å². The van der Waals surface area contributed by atoms with Crippen LogP contribution in [0.5, 0.6) is 0 Å². The minimum atomic E-state index is 0.0480. The SMILES string of the molecule is CC(C)N1CCCCC1(C)CO. The van der Waals surface area contributed by atoms with Crippen LogP contribution < -0.4 is 0 Å². The lowest BCUT2D eigenvalue weighted by Gasteiger charge is -2.46. The summed E-state index contributed by atoms with van der Waals surface area (Å²) in [7, 11) is 0. The molecule has 2 heteroatoms. The molecule has 72 valence electrons. The van der Waals surface area contributed by atoms with Gasteiger partial charge in [0.15, 0.2) is 0 Å². The Morgan fingerprint density at radius 3 is 2.50 bits per heavy atom. The Balaban J connectivity index is 2.66. The average molecular weight is 171 g/mol. The van der Waals surface area contributed by atoms with Gasteiger partial charge < -0.3 is 5.11 Å². The zero-order valence-electron chi connectivity index (χ0n) is 8.51. The first-order valence-electron chi connectivity index (χ1n) is 4.98. The van der Waals surface area contributed by atoms with Gasteiger partial charge in [-0.25, -0.2) is 0 Å². The van der Waals surface area contributed by atoms with Gasteiger partial charge in [-0.2, -0.15) is 0 Å². The van der Waals surface area contributed by atoms with Gasteiger partial charge in [-0.15, -0.1) is 0 Å². The molecule has 0 amide bonds. The number of aliphatic hydroxyl groups is 1. The molecule has 1 N–H and O–H groups in total. The van der Waals surface area contributed by atoms with E-state index >= 15 is 0 Å². The monoisotopic (exact) mass is 171 g/mol. The molecule has 1 atom stereocenters. The van der Waals surface area contributed by atoms with E-state index in [9.17, 15) is 5.11 Å². The molecule has 0 radical (unpaired) electrons. The van der Waals surface area contributed by atoms with Gasteiger partial charge in [0, 0.05) is 11.6 Å². The van der Waals surface area contributed by atoms with Gasteiger partial charge in [-0.05, 0) is 40.2 Å². The number of rotatable bonds is 2. The summed E-state index contributed by atoms with van der Waals surface area (Å²) in [5.41, 5.74) is 0.0480. The fourth-order valence-electron chi connectivity index (χ4n) is 2.25. The van der Waals surface area contributed by atoms with Crippen molar-refractivity contribution in [2.45, 2.75) is 51.6 Å². The smallest absolute Gasteiger partial charge is 0.0612 e. The topological polar surface area (TPSA) is 23.5 Å². The molecule has 0 bridgehead atoms. The summed E-state index contributed by atoms with van der Waals surface area (Å²) in [5, 5.41) is 9.33. The van der Waals surface area contributed by atoms with Crippen molar-refractivity contribution in [3.63, 3.8) is 0 Å². The van der Waals surface area contributed by atoms with Crippen molar-refractivity contribution < 1.29 is 5.11 Å². The van der Waals surface area contributed by atoms with Gasteiger partial charge >= 0.3 is 0 Å². The predicted molar refractivity (Wildman–Crippen MR) is 51.2 cm³/mol. The first-order chi connectivity index (χ1) is 5.60. The number of piperidine rings is 1. The van der Waals surface area contributed by atoms with Crippen LogP contribution in [0, 0.1) is 0 Å². The van der Waals surface area contributed by atoms with Crippen molar-refractivity contribution in [1.82, 2.24) is 4.90 Å². The standard InChI is InChI=1S/C10H21NO/c1-9(2)11-7-5-4-6-10(11,3)8-12/h9,12H,4-8H2,1-3H3. The molecule has 1 aliphatic rings. The van der Waals surface area contributed by atoms with E-state index < -0.39 is 0 Å². The van der Waals surface area contributed by atoms with E-state index in [2.05, 4.69) is 25.7 Å². The highest BCUT2D eigenvalue weighted by Gasteiger charge is 2.34. The van der Waals surface area contributed by atoms with E-state index in [-0.39, 0.29) is 5.54 Å². The Labute approximate surface area is 75.6 Å². The molecular formula is C10H21NO. The van der Waals surface area contributed by atoms with E-state index in [0.29, 0.717) is 12.6 Å². The zero-order valence-corrected chi connectivity index (χ0v) is 8.51. The number of nitrogens with zero attached hydrogens (tertiary/aromatic N) is 1. The maximum Gasteiger partial charge on any atom is 0.0612 e. The van der Waals surface area contributed by atoms with Gasteiger partial charge in [-0.1, -0.05) is 6.42 Å². The molecule has 0 aromatic rings. The molecule has 0 saturated carbocycles. The van der Waals surface area contributed by atoms with Gasteiger partial charge in [0.05, 0.1) is 6.61 Å². The van der Waals surface area contributed by atoms with Gasteiger partial charge in [0.2, 0.25) is 0 Å². The highest BCUT2D eigenvalue weighted by atomic mass is 16.3. The maximum absolute atomic E-state index is 9.33. The predicted octanol–water partition coefficient (Wildman–Crippen LogP) is 1.63. The fourth-order valence-corrected chi connectivity index (χ4v) is 2.25. The molecule has 1 aliphatic heterocycles. The number of hydrogen-bond acceptors (Lipinski definition) is 2. The quantitative estimate of drug-likeness (QED) is 0.682. The molecule has 1 fully saturated rings. The van der Waals surface area contributed by atoms with Crippen molar-refractivity contribution in [2.75, 3.05) is 13.2 Å². The van der Waals surface area contributed by atoms with Crippen molar-refractivity contribution in [3.8, 4) is 0 Å². The van der Waals surface area contributed by atoms with E-state index in [1.165, 1.54) is 12.8 Å². The van der Waals surface area contributed by atoms with Crippen molar-refractivity contribution in [1.29, 1.82) is 0 Å². The van der Waals surface area contributed by atoms with E-state index in [1.807, 2.05) is 0 Å². The first kappa shape index (κ1) is 10.0. The summed E-state index contributed by atoms with van der Waals surface area (Å²) in [6, 6.07) is 0.558. The molecule has 0 aromatic heterocycles. The summed E-state index contributed by atoms with van der Waals surface area (Å²) in [5.74, 6) is 0. The molecule has 2 nitrogen and oxygen atoms in total. The normalized spacial score (nSPS) is 32.8. The average Bonchev–Trinajstić information content (AvgIpc) is 2.05. The molecule has 12 heavy (non-hydrogen) atoms. The van der Waals surface area contributed by atoms with Crippen LogP contribution in [0.3, 0.4) is 0 Å². The minimum Gasteiger partial charge on any atom is -0.394 e. The number of likely N-dealkylation sites (tertiary alicyclic amines) is 1. The Kier molecular flexibility index (Phi) is 3.13. The van der Waals surface area contributed by atoms with Crippen LogP contribution in [-0.2, 0) is 0 Å². The molecule has 1 heterocycles. The van der Waals surface area contributed by atoms with Crippen LogP contribution in [0.1, 0.15) is 40.0 Å². The molecule has 1 saturated heterocycles. The van der Waals surface area contributed by atoms with Crippen molar-refractivity contribution >= 4 is 0 Å². The highest BCUT2D eigenvalue weighted by Crippen LogP contribution is 2.28. The van der Waals surface area contributed by atoms with Gasteiger partial charge in [0.1, 0.15) is 0 Å². The molecule has 0 aromatic carbocycles. The zero-order chi connectivity index (χ0) is 9.19. The second kappa shape index (κ2) is 3.75. The third-order valence-electron chi connectivity index (χ3n) is 3.02. The fraction of sp³-hybridized carbons (Fsp3) is 1.00. The van der Waals surface area contributed by atoms with E-state index in [0.717, 1.165) is 13.0 Å². The molecule has 1 rings (SSSR count). The highest BCUT2D eigenvalue weighted by molar-refractivity contribution is 4.90. The third-order valence-corrected chi connectivity index (χ3v) is 3.02. The lowest BCUT2D eigenvalue weighted by molar-refractivity contribution is -0.00881. The van der Waals surface area contributed by atoms with Gasteiger partial charge in [0.25, 0.3) is 0 Å².